The summed E-state index contributed by atoms with van der Waals surface area (Å²) in [4.78, 5) is 15.7. The lowest BCUT2D eigenvalue weighted by molar-refractivity contribution is 0.134. The van der Waals surface area contributed by atoms with Crippen LogP contribution in [0.5, 0.6) is 5.75 Å². The second kappa shape index (κ2) is 9.21. The number of aromatic nitrogens is 2. The van der Waals surface area contributed by atoms with Crippen molar-refractivity contribution in [3.05, 3.63) is 94.0 Å². The number of rotatable bonds is 5. The van der Waals surface area contributed by atoms with Crippen molar-refractivity contribution in [3.63, 3.8) is 0 Å². The zero-order chi connectivity index (χ0) is 23.4. The zero-order valence-electron chi connectivity index (χ0n) is 20.5. The molecule has 2 aliphatic heterocycles. The number of pyridine rings is 1. The molecule has 6 heteroatoms. The molecule has 2 atom stereocenters. The standard InChI is InChI=1S/C29H31N3O2.ClH/c1-19(2)32-22-10-12-25(32)29-24-11-9-21(15-26(24)30(3)27(29)16-22)31-14-13-23(17-28(31)33)34-18-20-7-5-4-6-8-20;/h4-9,11,13-15,17,19,22,25H,10,12,16,18H2,1-3H3;1H. The van der Waals surface area contributed by atoms with Gasteiger partial charge < -0.3 is 9.30 Å². The predicted octanol–water partition coefficient (Wildman–Crippen LogP) is 5.80. The molecule has 2 bridgehead atoms. The summed E-state index contributed by atoms with van der Waals surface area (Å²) in [5.74, 6) is 0.588. The van der Waals surface area contributed by atoms with Gasteiger partial charge in [0.1, 0.15) is 12.4 Å². The van der Waals surface area contributed by atoms with Gasteiger partial charge in [-0.05, 0) is 56.0 Å². The normalized spacial score (nSPS) is 19.1. The van der Waals surface area contributed by atoms with Crippen molar-refractivity contribution >= 4 is 23.3 Å². The van der Waals surface area contributed by atoms with Crippen LogP contribution in [0.1, 0.15) is 49.6 Å². The smallest absolute Gasteiger partial charge is 0.258 e. The number of halogens is 1. The molecule has 0 aliphatic carbocycles. The monoisotopic (exact) mass is 489 g/mol. The predicted molar refractivity (Wildman–Crippen MR) is 143 cm³/mol. The van der Waals surface area contributed by atoms with E-state index in [0.29, 0.717) is 30.5 Å². The van der Waals surface area contributed by atoms with Gasteiger partial charge >= 0.3 is 0 Å². The molecular formula is C29H32ClN3O2. The summed E-state index contributed by atoms with van der Waals surface area (Å²) in [6.07, 6.45) is 5.44. The van der Waals surface area contributed by atoms with Crippen molar-refractivity contribution in [1.29, 1.82) is 0 Å². The van der Waals surface area contributed by atoms with E-state index in [4.69, 9.17) is 4.74 Å². The summed E-state index contributed by atoms with van der Waals surface area (Å²) in [7, 11) is 2.18. The fourth-order valence-electron chi connectivity index (χ4n) is 6.19. The van der Waals surface area contributed by atoms with Gasteiger partial charge in [-0.2, -0.15) is 0 Å². The molecule has 0 N–H and O–H groups in total. The number of aryl methyl sites for hydroxylation is 1. The minimum atomic E-state index is -0.0890. The highest BCUT2D eigenvalue weighted by Crippen LogP contribution is 2.48. The number of hydrogen-bond donors (Lipinski definition) is 0. The molecule has 1 saturated heterocycles. The van der Waals surface area contributed by atoms with Crippen LogP contribution >= 0.6 is 12.4 Å². The van der Waals surface area contributed by atoms with E-state index < -0.39 is 0 Å². The minimum Gasteiger partial charge on any atom is -0.489 e. The van der Waals surface area contributed by atoms with Crippen molar-refractivity contribution in [2.24, 2.45) is 7.05 Å². The molecule has 6 rings (SSSR count). The van der Waals surface area contributed by atoms with Gasteiger partial charge in [-0.15, -0.1) is 12.4 Å². The van der Waals surface area contributed by atoms with Gasteiger partial charge in [0, 0.05) is 54.9 Å². The molecule has 0 radical (unpaired) electrons. The summed E-state index contributed by atoms with van der Waals surface area (Å²) in [5.41, 5.74) is 6.05. The van der Waals surface area contributed by atoms with Crippen molar-refractivity contribution in [1.82, 2.24) is 14.0 Å². The van der Waals surface area contributed by atoms with E-state index in [1.807, 2.05) is 42.6 Å². The van der Waals surface area contributed by atoms with Crippen LogP contribution in [0.3, 0.4) is 0 Å². The average Bonchev–Trinajstić information content (AvgIpc) is 3.31. The molecule has 0 amide bonds. The molecule has 0 spiro atoms. The first-order valence-corrected chi connectivity index (χ1v) is 12.3. The summed E-state index contributed by atoms with van der Waals surface area (Å²) < 4.78 is 9.91. The molecule has 2 aromatic carbocycles. The fraction of sp³-hybridized carbons (Fsp3) is 0.345. The third kappa shape index (κ3) is 3.97. The van der Waals surface area contributed by atoms with Crippen LogP contribution in [0.2, 0.25) is 0 Å². The van der Waals surface area contributed by atoms with Gasteiger partial charge in [0.15, 0.2) is 0 Å². The molecule has 2 aliphatic rings. The SMILES string of the molecule is CC(C)N1C2CCC1c1c(n(C)c3cc(-n4ccc(OCc5ccccc5)cc4=O)ccc13)C2.Cl. The Morgan fingerprint density at radius 3 is 2.57 bits per heavy atom. The van der Waals surface area contributed by atoms with Gasteiger partial charge in [-0.25, -0.2) is 0 Å². The van der Waals surface area contributed by atoms with Gasteiger partial charge in [0.2, 0.25) is 0 Å². The maximum absolute atomic E-state index is 13.0. The lowest BCUT2D eigenvalue weighted by atomic mass is 9.95. The number of benzene rings is 2. The van der Waals surface area contributed by atoms with Gasteiger partial charge in [-0.1, -0.05) is 36.4 Å². The minimum absolute atomic E-state index is 0. The Labute approximate surface area is 212 Å². The van der Waals surface area contributed by atoms with Gasteiger partial charge in [0.25, 0.3) is 5.56 Å². The Hall–Kier alpha value is -3.02. The van der Waals surface area contributed by atoms with E-state index in [0.717, 1.165) is 17.7 Å². The maximum atomic E-state index is 13.0. The van der Waals surface area contributed by atoms with Crippen LogP contribution in [0.15, 0.2) is 71.7 Å². The molecule has 182 valence electrons. The Morgan fingerprint density at radius 2 is 1.83 bits per heavy atom. The van der Waals surface area contributed by atoms with Crippen molar-refractivity contribution < 1.29 is 4.74 Å². The summed E-state index contributed by atoms with van der Waals surface area (Å²) >= 11 is 0. The molecule has 2 unspecified atom stereocenters. The van der Waals surface area contributed by atoms with E-state index in [1.54, 1.807) is 10.6 Å². The zero-order valence-corrected chi connectivity index (χ0v) is 21.3. The van der Waals surface area contributed by atoms with Crippen LogP contribution in [0.4, 0.5) is 0 Å². The lowest BCUT2D eigenvalue weighted by Crippen LogP contribution is -2.42. The van der Waals surface area contributed by atoms with Crippen LogP contribution in [-0.4, -0.2) is 26.1 Å². The number of fused-ring (bicyclic) bond motifs is 6. The van der Waals surface area contributed by atoms with Crippen molar-refractivity contribution in [2.75, 3.05) is 0 Å². The van der Waals surface area contributed by atoms with E-state index in [-0.39, 0.29) is 18.0 Å². The lowest BCUT2D eigenvalue weighted by Gasteiger charge is -2.38. The molecule has 35 heavy (non-hydrogen) atoms. The van der Waals surface area contributed by atoms with E-state index in [9.17, 15) is 4.79 Å². The number of ether oxygens (including phenoxy) is 1. The van der Waals surface area contributed by atoms with Crippen LogP contribution in [-0.2, 0) is 20.1 Å². The Bertz CT molecular complexity index is 1420. The highest BCUT2D eigenvalue weighted by atomic mass is 35.5. The molecule has 5 nitrogen and oxygen atoms in total. The summed E-state index contributed by atoms with van der Waals surface area (Å²) in [6.45, 7) is 5.08. The molecular weight excluding hydrogens is 458 g/mol. The topological polar surface area (TPSA) is 39.4 Å². The third-order valence-electron chi connectivity index (χ3n) is 7.68. The number of hydrogen-bond acceptors (Lipinski definition) is 3. The summed E-state index contributed by atoms with van der Waals surface area (Å²) in [6, 6.07) is 21.6. The van der Waals surface area contributed by atoms with E-state index in [2.05, 4.69) is 48.6 Å². The molecule has 0 saturated carbocycles. The maximum Gasteiger partial charge on any atom is 0.258 e. The molecule has 2 aromatic heterocycles. The fourth-order valence-corrected chi connectivity index (χ4v) is 6.19. The van der Waals surface area contributed by atoms with Crippen LogP contribution in [0, 0.1) is 0 Å². The molecule has 4 heterocycles. The first kappa shape index (κ1) is 23.7. The second-order valence-electron chi connectivity index (χ2n) is 9.96. The largest absolute Gasteiger partial charge is 0.489 e. The third-order valence-corrected chi connectivity index (χ3v) is 7.68. The van der Waals surface area contributed by atoms with Gasteiger partial charge in [0.05, 0.1) is 11.2 Å². The van der Waals surface area contributed by atoms with Crippen LogP contribution < -0.4 is 10.3 Å². The van der Waals surface area contributed by atoms with E-state index >= 15 is 0 Å². The Balaban J connectivity index is 0.00000253. The quantitative estimate of drug-likeness (QED) is 0.355. The Kier molecular flexibility index (Phi) is 6.24. The highest BCUT2D eigenvalue weighted by Gasteiger charge is 2.43. The second-order valence-corrected chi connectivity index (χ2v) is 9.96. The first-order chi connectivity index (χ1) is 16.5. The molecule has 1 fully saturated rings. The Morgan fingerprint density at radius 1 is 1.03 bits per heavy atom. The van der Waals surface area contributed by atoms with E-state index in [1.165, 1.54) is 35.0 Å². The summed E-state index contributed by atoms with van der Waals surface area (Å²) in [5, 5.41) is 1.33. The molecule has 4 aromatic rings. The van der Waals surface area contributed by atoms with Crippen LogP contribution in [0.25, 0.3) is 16.6 Å². The highest BCUT2D eigenvalue weighted by molar-refractivity contribution is 5.88. The first-order valence-electron chi connectivity index (χ1n) is 12.3. The van der Waals surface area contributed by atoms with Crippen molar-refractivity contribution in [3.8, 4) is 11.4 Å². The average molecular weight is 490 g/mol. The van der Waals surface area contributed by atoms with Crippen molar-refractivity contribution in [2.45, 2.75) is 57.8 Å². The number of nitrogens with zero attached hydrogens (tertiary/aromatic N) is 3. The van der Waals surface area contributed by atoms with Gasteiger partial charge in [-0.3, -0.25) is 14.3 Å².